The maximum absolute atomic E-state index is 13.9. The van der Waals surface area contributed by atoms with Crippen LogP contribution >= 0.6 is 0 Å². The molecule has 0 radical (unpaired) electrons. The van der Waals surface area contributed by atoms with Crippen molar-refractivity contribution >= 4 is 22.9 Å². The summed E-state index contributed by atoms with van der Waals surface area (Å²) in [6, 6.07) is 16.5. The van der Waals surface area contributed by atoms with E-state index in [9.17, 15) is 9.59 Å². The van der Waals surface area contributed by atoms with Gasteiger partial charge in [0, 0.05) is 38.8 Å². The van der Waals surface area contributed by atoms with Gasteiger partial charge in [-0.2, -0.15) is 0 Å². The van der Waals surface area contributed by atoms with Crippen LogP contribution < -0.4 is 16.2 Å². The van der Waals surface area contributed by atoms with Crippen LogP contribution in [0.5, 0.6) is 11.5 Å². The predicted molar refractivity (Wildman–Crippen MR) is 151 cm³/mol. The molecule has 2 aliphatic heterocycles. The van der Waals surface area contributed by atoms with E-state index in [-0.39, 0.29) is 23.5 Å². The van der Waals surface area contributed by atoms with E-state index in [0.717, 1.165) is 32.1 Å². The zero-order valence-corrected chi connectivity index (χ0v) is 22.1. The quantitative estimate of drug-likeness (QED) is 0.355. The van der Waals surface area contributed by atoms with Crippen LogP contribution in [0.4, 0.5) is 5.82 Å². The molecule has 0 saturated carbocycles. The van der Waals surface area contributed by atoms with Gasteiger partial charge in [-0.05, 0) is 42.8 Å². The first-order valence-electron chi connectivity index (χ1n) is 13.4. The predicted octanol–water partition coefficient (Wildman–Crippen LogP) is 2.62. The number of nitrogens with zero attached hydrogens (tertiary/aromatic N) is 6. The van der Waals surface area contributed by atoms with Gasteiger partial charge >= 0.3 is 5.69 Å². The van der Waals surface area contributed by atoms with Gasteiger partial charge in [-0.3, -0.25) is 18.8 Å². The third-order valence-corrected chi connectivity index (χ3v) is 7.32. The van der Waals surface area contributed by atoms with Gasteiger partial charge in [-0.15, -0.1) is 0 Å². The molecule has 11 heteroatoms. The fourth-order valence-corrected chi connectivity index (χ4v) is 5.27. The number of fused-ring (bicyclic) bond motifs is 1. The molecule has 2 aromatic heterocycles. The summed E-state index contributed by atoms with van der Waals surface area (Å²) < 4.78 is 14.5. The van der Waals surface area contributed by atoms with E-state index >= 15 is 0 Å². The molecule has 2 fully saturated rings. The van der Waals surface area contributed by atoms with E-state index in [1.54, 1.807) is 39.8 Å². The second kappa shape index (κ2) is 11.3. The smallest absolute Gasteiger partial charge is 0.335 e. The molecule has 40 heavy (non-hydrogen) atoms. The number of carbonyl (C=O) groups is 1. The Morgan fingerprint density at radius 1 is 1.02 bits per heavy atom. The SMILES string of the molecule is Nc1ncnc2c1n(-c1ccc(Oc3ccccc3)cc1)c(=O)n2[C@@H]1CCN(C(=O)C=CCN2CCOCC2)C1. The molecule has 206 valence electrons. The molecular weight excluding hydrogens is 510 g/mol. The van der Waals surface area contributed by atoms with E-state index in [1.807, 2.05) is 36.4 Å². The van der Waals surface area contributed by atoms with Gasteiger partial charge in [0.2, 0.25) is 5.91 Å². The Morgan fingerprint density at radius 3 is 2.55 bits per heavy atom. The summed E-state index contributed by atoms with van der Waals surface area (Å²) in [6.45, 7) is 4.85. The number of nitrogens with two attached hydrogens (primary N) is 1. The molecular formula is C29H31N7O4. The Morgan fingerprint density at radius 2 is 1.77 bits per heavy atom. The highest BCUT2D eigenvalue weighted by Crippen LogP contribution is 2.28. The minimum atomic E-state index is -0.277. The zero-order chi connectivity index (χ0) is 27.5. The normalized spacial score (nSPS) is 18.1. The Kier molecular flexibility index (Phi) is 7.30. The van der Waals surface area contributed by atoms with Crippen molar-refractivity contribution in [1.82, 2.24) is 28.9 Å². The first kappa shape index (κ1) is 25.8. The van der Waals surface area contributed by atoms with E-state index < -0.39 is 0 Å². The number of morpholine rings is 1. The number of aromatic nitrogens is 4. The molecule has 0 bridgehead atoms. The van der Waals surface area contributed by atoms with E-state index in [2.05, 4.69) is 14.9 Å². The summed E-state index contributed by atoms with van der Waals surface area (Å²) in [4.78, 5) is 39.4. The van der Waals surface area contributed by atoms with Crippen molar-refractivity contribution in [2.75, 3.05) is 51.7 Å². The lowest BCUT2D eigenvalue weighted by molar-refractivity contribution is -0.125. The average molecular weight is 542 g/mol. The van der Waals surface area contributed by atoms with Gasteiger partial charge in [0.05, 0.1) is 24.9 Å². The number of anilines is 1. The van der Waals surface area contributed by atoms with Crippen molar-refractivity contribution in [1.29, 1.82) is 0 Å². The van der Waals surface area contributed by atoms with E-state index in [4.69, 9.17) is 15.2 Å². The number of imidazole rings is 1. The summed E-state index contributed by atoms with van der Waals surface area (Å²) in [5, 5.41) is 0. The van der Waals surface area contributed by atoms with Crippen molar-refractivity contribution < 1.29 is 14.3 Å². The number of carbonyl (C=O) groups excluding carboxylic acids is 1. The fraction of sp³-hybridized carbons (Fsp3) is 0.310. The molecule has 4 heterocycles. The molecule has 2 saturated heterocycles. The summed E-state index contributed by atoms with van der Waals surface area (Å²) in [7, 11) is 0. The molecule has 6 rings (SSSR count). The van der Waals surface area contributed by atoms with Crippen LogP contribution in [0.15, 0.2) is 77.9 Å². The van der Waals surface area contributed by atoms with Gasteiger partial charge < -0.3 is 20.1 Å². The Labute approximate surface area is 231 Å². The summed E-state index contributed by atoms with van der Waals surface area (Å²) >= 11 is 0. The first-order valence-corrected chi connectivity index (χ1v) is 13.4. The van der Waals surface area contributed by atoms with Crippen molar-refractivity contribution in [3.05, 3.63) is 83.6 Å². The molecule has 0 spiro atoms. The monoisotopic (exact) mass is 541 g/mol. The van der Waals surface area contributed by atoms with Crippen molar-refractivity contribution in [2.45, 2.75) is 12.5 Å². The number of hydrogen-bond acceptors (Lipinski definition) is 8. The van der Waals surface area contributed by atoms with Crippen LogP contribution in [0, 0.1) is 0 Å². The maximum Gasteiger partial charge on any atom is 0.335 e. The lowest BCUT2D eigenvalue weighted by Gasteiger charge is -2.25. The van der Waals surface area contributed by atoms with Gasteiger partial charge in [0.15, 0.2) is 11.5 Å². The second-order valence-corrected chi connectivity index (χ2v) is 9.87. The van der Waals surface area contributed by atoms with Crippen molar-refractivity contribution in [3.8, 4) is 17.2 Å². The minimum Gasteiger partial charge on any atom is -0.457 e. The number of benzene rings is 2. The molecule has 2 N–H and O–H groups in total. The number of para-hydroxylation sites is 1. The zero-order valence-electron chi connectivity index (χ0n) is 22.1. The lowest BCUT2D eigenvalue weighted by atomic mass is 10.2. The van der Waals surface area contributed by atoms with E-state index in [1.165, 1.54) is 10.9 Å². The molecule has 0 unspecified atom stereocenters. The standard InChI is InChI=1S/C29H31N7O4/c30-27-26-28(32-20-31-27)36(22-12-14-34(19-22)25(37)7-4-13-33-15-17-39-18-16-33)29(38)35(26)21-8-10-24(11-9-21)40-23-5-2-1-3-6-23/h1-11,20,22H,12-19H2,(H2,30,31,32)/t22-/m1/s1. The number of nitrogen functional groups attached to an aromatic ring is 1. The lowest BCUT2D eigenvalue weighted by Crippen LogP contribution is -2.36. The highest BCUT2D eigenvalue weighted by atomic mass is 16.5. The Bertz CT molecular complexity index is 1570. The van der Waals surface area contributed by atoms with Crippen LogP contribution in [-0.2, 0) is 9.53 Å². The van der Waals surface area contributed by atoms with Crippen molar-refractivity contribution in [2.24, 2.45) is 0 Å². The average Bonchev–Trinajstić information content (AvgIpc) is 3.58. The van der Waals surface area contributed by atoms with Crippen LogP contribution in [0.25, 0.3) is 16.9 Å². The molecule has 1 atom stereocenters. The fourth-order valence-electron chi connectivity index (χ4n) is 5.27. The summed E-state index contributed by atoms with van der Waals surface area (Å²) in [6.07, 6.45) is 5.53. The third kappa shape index (κ3) is 5.21. The number of ether oxygens (including phenoxy) is 2. The van der Waals surface area contributed by atoms with Crippen LogP contribution in [0.2, 0.25) is 0 Å². The van der Waals surface area contributed by atoms with Gasteiger partial charge in [-0.1, -0.05) is 24.3 Å². The molecule has 2 aliphatic rings. The number of amides is 1. The van der Waals surface area contributed by atoms with Gasteiger partial charge in [0.25, 0.3) is 0 Å². The topological polar surface area (TPSA) is 121 Å². The molecule has 0 aliphatic carbocycles. The number of likely N-dealkylation sites (tertiary alicyclic amines) is 1. The summed E-state index contributed by atoms with van der Waals surface area (Å²) in [5.74, 6) is 1.51. The summed E-state index contributed by atoms with van der Waals surface area (Å²) in [5.41, 5.74) is 7.50. The molecule has 4 aromatic rings. The van der Waals surface area contributed by atoms with E-state index in [0.29, 0.717) is 48.7 Å². The second-order valence-electron chi connectivity index (χ2n) is 9.87. The third-order valence-electron chi connectivity index (χ3n) is 7.32. The molecule has 11 nitrogen and oxygen atoms in total. The highest BCUT2D eigenvalue weighted by molar-refractivity contribution is 5.88. The Hall–Kier alpha value is -4.48. The first-order chi connectivity index (χ1) is 19.6. The van der Waals surface area contributed by atoms with Crippen LogP contribution in [0.1, 0.15) is 12.5 Å². The maximum atomic E-state index is 13.9. The molecule has 2 aromatic carbocycles. The van der Waals surface area contributed by atoms with Gasteiger partial charge in [0.1, 0.15) is 23.3 Å². The highest BCUT2D eigenvalue weighted by Gasteiger charge is 2.31. The Balaban J connectivity index is 1.23. The molecule has 1 amide bonds. The van der Waals surface area contributed by atoms with Gasteiger partial charge in [-0.25, -0.2) is 14.8 Å². The van der Waals surface area contributed by atoms with Crippen molar-refractivity contribution in [3.63, 3.8) is 0 Å². The minimum absolute atomic E-state index is 0.0595. The van der Waals surface area contributed by atoms with Crippen LogP contribution in [0.3, 0.4) is 0 Å². The van der Waals surface area contributed by atoms with Crippen LogP contribution in [-0.4, -0.2) is 80.7 Å². The number of rotatable bonds is 7. The largest absolute Gasteiger partial charge is 0.457 e. The number of hydrogen-bond donors (Lipinski definition) is 1.